The van der Waals surface area contributed by atoms with Crippen LogP contribution in [0.4, 0.5) is 13.9 Å². The van der Waals surface area contributed by atoms with Gasteiger partial charge in [-0.2, -0.15) is 0 Å². The molecule has 6 nitrogen and oxygen atoms in total. The van der Waals surface area contributed by atoms with Crippen molar-refractivity contribution in [3.8, 4) is 0 Å². The summed E-state index contributed by atoms with van der Waals surface area (Å²) in [5, 5.41) is 4.24. The Morgan fingerprint density at radius 1 is 1.12 bits per heavy atom. The quantitative estimate of drug-likeness (QED) is 0.888. The fraction of sp³-hybridized carbons (Fsp3) is 0.353. The van der Waals surface area contributed by atoms with E-state index in [0.29, 0.717) is 19.2 Å². The highest BCUT2D eigenvalue weighted by molar-refractivity contribution is 7.14. The topological polar surface area (TPSA) is 65.5 Å². The zero-order valence-corrected chi connectivity index (χ0v) is 15.0. The zero-order valence-electron chi connectivity index (χ0n) is 14.2. The van der Waals surface area contributed by atoms with Crippen molar-refractivity contribution in [3.63, 3.8) is 0 Å². The number of amides is 2. The average Bonchev–Trinajstić information content (AvgIpc) is 2.94. The van der Waals surface area contributed by atoms with Gasteiger partial charge in [0.1, 0.15) is 17.3 Å². The Bertz CT molecular complexity index is 807. The molecule has 0 saturated carbocycles. The second-order valence-electron chi connectivity index (χ2n) is 6.10. The Morgan fingerprint density at radius 2 is 1.85 bits per heavy atom. The molecule has 1 aliphatic rings. The van der Waals surface area contributed by atoms with Gasteiger partial charge in [-0.1, -0.05) is 0 Å². The first kappa shape index (κ1) is 18.4. The van der Waals surface area contributed by atoms with E-state index in [1.165, 1.54) is 0 Å². The van der Waals surface area contributed by atoms with Crippen molar-refractivity contribution in [1.82, 2.24) is 14.8 Å². The summed E-state index contributed by atoms with van der Waals surface area (Å²) in [5.41, 5.74) is 0.0985. The van der Waals surface area contributed by atoms with Gasteiger partial charge < -0.3 is 9.80 Å². The fourth-order valence-corrected chi connectivity index (χ4v) is 3.37. The Labute approximate surface area is 153 Å². The van der Waals surface area contributed by atoms with E-state index in [0.717, 1.165) is 43.0 Å². The molecule has 1 aromatic carbocycles. The van der Waals surface area contributed by atoms with Crippen LogP contribution in [0.1, 0.15) is 27.3 Å². The number of nitrogens with zero attached hydrogens (tertiary/aromatic N) is 3. The van der Waals surface area contributed by atoms with E-state index in [2.05, 4.69) is 15.2 Å². The summed E-state index contributed by atoms with van der Waals surface area (Å²) < 4.78 is 26.4. The normalized spacial score (nSPS) is 15.6. The summed E-state index contributed by atoms with van der Waals surface area (Å²) in [7, 11) is 2.01. The van der Waals surface area contributed by atoms with E-state index in [4.69, 9.17) is 0 Å². The van der Waals surface area contributed by atoms with Gasteiger partial charge in [-0.05, 0) is 32.1 Å². The van der Waals surface area contributed by atoms with Gasteiger partial charge >= 0.3 is 0 Å². The van der Waals surface area contributed by atoms with E-state index in [-0.39, 0.29) is 22.3 Å². The van der Waals surface area contributed by atoms with Gasteiger partial charge in [0, 0.05) is 36.6 Å². The van der Waals surface area contributed by atoms with Crippen molar-refractivity contribution < 1.29 is 18.4 Å². The third-order valence-electron chi connectivity index (χ3n) is 4.08. The number of anilines is 1. The summed E-state index contributed by atoms with van der Waals surface area (Å²) >= 11 is 1.09. The van der Waals surface area contributed by atoms with Crippen LogP contribution in [0.2, 0.25) is 0 Å². The van der Waals surface area contributed by atoms with Gasteiger partial charge in [0.2, 0.25) is 0 Å². The molecule has 1 aromatic heterocycles. The first-order valence-electron chi connectivity index (χ1n) is 8.13. The van der Waals surface area contributed by atoms with Gasteiger partial charge in [-0.25, -0.2) is 13.8 Å². The predicted molar refractivity (Wildman–Crippen MR) is 94.4 cm³/mol. The molecule has 0 radical (unpaired) electrons. The van der Waals surface area contributed by atoms with Crippen molar-refractivity contribution in [3.05, 3.63) is 46.5 Å². The number of nitrogens with one attached hydrogen (secondary N) is 1. The van der Waals surface area contributed by atoms with Crippen LogP contribution in [0.3, 0.4) is 0 Å². The standard InChI is InChI=1S/C17H18F2N4O2S/c1-22-3-2-4-23(6-5-22)16(25)14-10-26-17(20-14)21-15(24)11-7-12(18)9-13(19)8-11/h7-10H,2-6H2,1H3,(H,20,21,24). The van der Waals surface area contributed by atoms with E-state index in [1.54, 1.807) is 10.3 Å². The number of likely N-dealkylation sites (N-methyl/N-ethyl adjacent to an activating group) is 1. The second-order valence-corrected chi connectivity index (χ2v) is 6.96. The van der Waals surface area contributed by atoms with E-state index < -0.39 is 17.5 Å². The number of rotatable bonds is 3. The van der Waals surface area contributed by atoms with Crippen LogP contribution in [0.15, 0.2) is 23.6 Å². The highest BCUT2D eigenvalue weighted by atomic mass is 32.1. The van der Waals surface area contributed by atoms with Crippen molar-refractivity contribution in [2.24, 2.45) is 0 Å². The lowest BCUT2D eigenvalue weighted by molar-refractivity contribution is 0.0757. The molecule has 0 unspecified atom stereocenters. The summed E-state index contributed by atoms with van der Waals surface area (Å²) in [4.78, 5) is 32.7. The van der Waals surface area contributed by atoms with Crippen LogP contribution in [0, 0.1) is 11.6 Å². The summed E-state index contributed by atoms with van der Waals surface area (Å²) in [6, 6.07) is 2.56. The zero-order chi connectivity index (χ0) is 18.7. The Hall–Kier alpha value is -2.39. The van der Waals surface area contributed by atoms with Crippen molar-refractivity contribution >= 4 is 28.3 Å². The molecule has 1 aliphatic heterocycles. The molecular weight excluding hydrogens is 362 g/mol. The van der Waals surface area contributed by atoms with Crippen LogP contribution < -0.4 is 5.32 Å². The largest absolute Gasteiger partial charge is 0.336 e. The van der Waals surface area contributed by atoms with E-state index >= 15 is 0 Å². The molecule has 9 heteroatoms. The molecule has 1 N–H and O–H groups in total. The number of thiazole rings is 1. The number of carbonyl (C=O) groups is 2. The molecule has 2 heterocycles. The van der Waals surface area contributed by atoms with Gasteiger partial charge in [-0.15, -0.1) is 11.3 Å². The minimum absolute atomic E-state index is 0.152. The third-order valence-corrected chi connectivity index (χ3v) is 4.83. The first-order valence-corrected chi connectivity index (χ1v) is 9.01. The highest BCUT2D eigenvalue weighted by Gasteiger charge is 2.21. The number of hydrogen-bond donors (Lipinski definition) is 1. The molecule has 26 heavy (non-hydrogen) atoms. The first-order chi connectivity index (χ1) is 12.4. The maximum absolute atomic E-state index is 13.2. The maximum Gasteiger partial charge on any atom is 0.273 e. The molecule has 0 atom stereocenters. The van der Waals surface area contributed by atoms with E-state index in [9.17, 15) is 18.4 Å². The monoisotopic (exact) mass is 380 g/mol. The van der Waals surface area contributed by atoms with Crippen LogP contribution in [-0.4, -0.2) is 59.8 Å². The number of hydrogen-bond acceptors (Lipinski definition) is 5. The number of carbonyl (C=O) groups excluding carboxylic acids is 2. The second kappa shape index (κ2) is 7.88. The molecule has 1 saturated heterocycles. The molecular formula is C17H18F2N4O2S. The molecule has 0 spiro atoms. The average molecular weight is 380 g/mol. The lowest BCUT2D eigenvalue weighted by Gasteiger charge is -2.19. The van der Waals surface area contributed by atoms with Crippen molar-refractivity contribution in [2.75, 3.05) is 38.5 Å². The number of halogens is 2. The van der Waals surface area contributed by atoms with E-state index in [1.807, 2.05) is 7.05 Å². The van der Waals surface area contributed by atoms with Gasteiger partial charge in [0.05, 0.1) is 0 Å². The molecule has 3 rings (SSSR count). The van der Waals surface area contributed by atoms with Crippen molar-refractivity contribution in [1.29, 1.82) is 0 Å². The van der Waals surface area contributed by atoms with Crippen LogP contribution in [0.5, 0.6) is 0 Å². The third kappa shape index (κ3) is 4.41. The van der Waals surface area contributed by atoms with Gasteiger partial charge in [-0.3, -0.25) is 14.9 Å². The van der Waals surface area contributed by atoms with Gasteiger partial charge in [0.15, 0.2) is 5.13 Å². The molecule has 0 aliphatic carbocycles. The van der Waals surface area contributed by atoms with Crippen molar-refractivity contribution in [2.45, 2.75) is 6.42 Å². The Kier molecular flexibility index (Phi) is 5.58. The molecule has 0 bridgehead atoms. The minimum atomic E-state index is -0.837. The van der Waals surface area contributed by atoms with Crippen LogP contribution >= 0.6 is 11.3 Å². The number of benzene rings is 1. The van der Waals surface area contributed by atoms with Gasteiger partial charge in [0.25, 0.3) is 11.8 Å². The lowest BCUT2D eigenvalue weighted by atomic mass is 10.2. The van der Waals surface area contributed by atoms with Crippen LogP contribution in [0.25, 0.3) is 0 Å². The molecule has 2 aromatic rings. The maximum atomic E-state index is 13.2. The molecule has 2 amide bonds. The number of aromatic nitrogens is 1. The summed E-state index contributed by atoms with van der Waals surface area (Å²) in [6.45, 7) is 3.01. The summed E-state index contributed by atoms with van der Waals surface area (Å²) in [5.74, 6) is -2.55. The molecule has 1 fully saturated rings. The smallest absolute Gasteiger partial charge is 0.273 e. The fourth-order valence-electron chi connectivity index (χ4n) is 2.70. The Morgan fingerprint density at radius 3 is 2.58 bits per heavy atom. The Balaban J connectivity index is 1.67. The predicted octanol–water partition coefficient (Wildman–Crippen LogP) is 2.45. The molecule has 138 valence electrons. The summed E-state index contributed by atoms with van der Waals surface area (Å²) in [6.07, 6.45) is 0.890. The minimum Gasteiger partial charge on any atom is -0.336 e. The van der Waals surface area contributed by atoms with Crippen LogP contribution in [-0.2, 0) is 0 Å². The SMILES string of the molecule is CN1CCCN(C(=O)c2csc(NC(=O)c3cc(F)cc(F)c3)n2)CC1. The highest BCUT2D eigenvalue weighted by Crippen LogP contribution is 2.19. The lowest BCUT2D eigenvalue weighted by Crippen LogP contribution is -2.34.